The molecule has 0 bridgehead atoms. The lowest BCUT2D eigenvalue weighted by molar-refractivity contribution is -0.116. The van der Waals surface area contributed by atoms with Gasteiger partial charge in [0, 0.05) is 16.7 Å². The number of rotatable bonds is 6. The van der Waals surface area contributed by atoms with Gasteiger partial charge in [-0.25, -0.2) is 4.98 Å². The zero-order valence-electron chi connectivity index (χ0n) is 14.7. The third kappa shape index (κ3) is 4.74. The van der Waals surface area contributed by atoms with E-state index in [0.717, 1.165) is 5.56 Å². The Hall–Kier alpha value is -3.12. The quantitative estimate of drug-likeness (QED) is 0.705. The lowest BCUT2D eigenvalue weighted by Gasteiger charge is -2.12. The van der Waals surface area contributed by atoms with Crippen molar-refractivity contribution in [1.29, 1.82) is 0 Å². The van der Waals surface area contributed by atoms with Crippen molar-refractivity contribution in [3.63, 3.8) is 0 Å². The summed E-state index contributed by atoms with van der Waals surface area (Å²) in [7, 11) is 0. The van der Waals surface area contributed by atoms with Gasteiger partial charge in [0.15, 0.2) is 0 Å². The Kier molecular flexibility index (Phi) is 5.88. The maximum atomic E-state index is 12.3. The Labute approximate surface area is 161 Å². The highest BCUT2D eigenvalue weighted by Crippen LogP contribution is 2.23. The smallest absolute Gasteiger partial charge is 0.254 e. The van der Waals surface area contributed by atoms with Gasteiger partial charge in [-0.2, -0.15) is 0 Å². The predicted molar refractivity (Wildman–Crippen MR) is 105 cm³/mol. The second-order valence-corrected chi connectivity index (χ2v) is 6.16. The number of amides is 1. The van der Waals surface area contributed by atoms with Crippen molar-refractivity contribution in [3.8, 4) is 17.0 Å². The van der Waals surface area contributed by atoms with Crippen LogP contribution in [0.15, 0.2) is 65.7 Å². The molecule has 7 heteroatoms. The maximum absolute atomic E-state index is 12.3. The molecule has 3 rings (SSSR count). The van der Waals surface area contributed by atoms with Crippen LogP contribution in [0.1, 0.15) is 6.92 Å². The zero-order chi connectivity index (χ0) is 19.2. The molecule has 2 aromatic carbocycles. The molecule has 1 N–H and O–H groups in total. The minimum Gasteiger partial charge on any atom is -0.492 e. The molecule has 0 aliphatic carbocycles. The Morgan fingerprint density at radius 1 is 1.19 bits per heavy atom. The van der Waals surface area contributed by atoms with Gasteiger partial charge in [0.2, 0.25) is 5.91 Å². The van der Waals surface area contributed by atoms with Crippen LogP contribution in [-0.4, -0.2) is 22.1 Å². The van der Waals surface area contributed by atoms with Gasteiger partial charge in [0.05, 0.1) is 24.3 Å². The van der Waals surface area contributed by atoms with Crippen molar-refractivity contribution in [3.05, 3.63) is 76.3 Å². The number of benzene rings is 2. The van der Waals surface area contributed by atoms with Gasteiger partial charge in [0.25, 0.3) is 5.56 Å². The molecule has 3 aromatic rings. The Bertz CT molecular complexity index is 1000. The van der Waals surface area contributed by atoms with E-state index in [0.29, 0.717) is 28.8 Å². The first-order valence-electron chi connectivity index (χ1n) is 8.41. The number of carbonyl (C=O) groups excluding carboxylic acids is 1. The van der Waals surface area contributed by atoms with E-state index in [-0.39, 0.29) is 18.0 Å². The summed E-state index contributed by atoms with van der Waals surface area (Å²) < 4.78 is 6.73. The highest BCUT2D eigenvalue weighted by atomic mass is 35.5. The molecule has 1 amide bonds. The van der Waals surface area contributed by atoms with Crippen molar-refractivity contribution in [1.82, 2.24) is 9.55 Å². The summed E-state index contributed by atoms with van der Waals surface area (Å²) in [4.78, 5) is 28.9. The van der Waals surface area contributed by atoms with Crippen LogP contribution in [0.2, 0.25) is 5.02 Å². The van der Waals surface area contributed by atoms with E-state index in [1.54, 1.807) is 42.5 Å². The van der Waals surface area contributed by atoms with Crippen LogP contribution >= 0.6 is 11.6 Å². The van der Waals surface area contributed by atoms with Gasteiger partial charge in [-0.3, -0.25) is 14.2 Å². The van der Waals surface area contributed by atoms with Gasteiger partial charge < -0.3 is 10.1 Å². The fourth-order valence-corrected chi connectivity index (χ4v) is 2.64. The topological polar surface area (TPSA) is 73.2 Å². The molecule has 0 spiro atoms. The Balaban J connectivity index is 1.73. The summed E-state index contributed by atoms with van der Waals surface area (Å²) in [6.45, 7) is 2.21. The first-order chi connectivity index (χ1) is 13.1. The van der Waals surface area contributed by atoms with E-state index >= 15 is 0 Å². The molecular weight excluding hydrogens is 366 g/mol. The first-order valence-corrected chi connectivity index (χ1v) is 8.78. The van der Waals surface area contributed by atoms with Gasteiger partial charge in [-0.15, -0.1) is 0 Å². The molecular formula is C20H18ClN3O3. The number of halogens is 1. The molecule has 1 heterocycles. The highest BCUT2D eigenvalue weighted by molar-refractivity contribution is 6.30. The fraction of sp³-hybridized carbons (Fsp3) is 0.150. The van der Waals surface area contributed by atoms with E-state index in [4.69, 9.17) is 16.3 Å². The predicted octanol–water partition coefficient (Wildman–Crippen LogP) is 3.60. The van der Waals surface area contributed by atoms with Crippen molar-refractivity contribution in [2.75, 3.05) is 11.9 Å². The van der Waals surface area contributed by atoms with Crippen LogP contribution in [0.3, 0.4) is 0 Å². The summed E-state index contributed by atoms with van der Waals surface area (Å²) in [6, 6.07) is 15.6. The van der Waals surface area contributed by atoms with Crippen LogP contribution in [-0.2, 0) is 11.3 Å². The number of nitrogens with zero attached hydrogens (tertiary/aromatic N) is 2. The molecule has 0 saturated carbocycles. The molecule has 0 radical (unpaired) electrons. The fourth-order valence-electron chi connectivity index (χ4n) is 2.52. The SMILES string of the molecule is CCOc1ccccc1NC(=O)Cn1cnc(-c2ccc(Cl)cc2)cc1=O. The number of hydrogen-bond donors (Lipinski definition) is 1. The normalized spacial score (nSPS) is 10.4. The van der Waals surface area contributed by atoms with Crippen molar-refractivity contribution >= 4 is 23.2 Å². The first kappa shape index (κ1) is 18.7. The highest BCUT2D eigenvalue weighted by Gasteiger charge is 2.10. The van der Waals surface area contributed by atoms with Crippen molar-refractivity contribution in [2.45, 2.75) is 13.5 Å². The number of hydrogen-bond acceptors (Lipinski definition) is 4. The lowest BCUT2D eigenvalue weighted by atomic mass is 10.1. The van der Waals surface area contributed by atoms with Crippen molar-refractivity contribution in [2.24, 2.45) is 0 Å². The second kappa shape index (κ2) is 8.51. The van der Waals surface area contributed by atoms with E-state index in [1.165, 1.54) is 17.0 Å². The van der Waals surface area contributed by atoms with E-state index < -0.39 is 0 Å². The van der Waals surface area contributed by atoms with Crippen LogP contribution in [0, 0.1) is 0 Å². The van der Waals surface area contributed by atoms with Gasteiger partial charge in [-0.05, 0) is 31.2 Å². The van der Waals surface area contributed by atoms with E-state index in [2.05, 4.69) is 10.3 Å². The molecule has 0 saturated heterocycles. The largest absolute Gasteiger partial charge is 0.492 e. The van der Waals surface area contributed by atoms with Crippen LogP contribution < -0.4 is 15.6 Å². The summed E-state index contributed by atoms with van der Waals surface area (Å²) in [5.74, 6) is 0.238. The molecule has 6 nitrogen and oxygen atoms in total. The number of carbonyl (C=O) groups is 1. The monoisotopic (exact) mass is 383 g/mol. The number of para-hydroxylation sites is 2. The van der Waals surface area contributed by atoms with Crippen LogP contribution in [0.5, 0.6) is 5.75 Å². The van der Waals surface area contributed by atoms with E-state index in [1.807, 2.05) is 13.0 Å². The molecule has 0 unspecified atom stereocenters. The standard InChI is InChI=1S/C20H18ClN3O3/c1-2-27-18-6-4-3-5-16(18)23-19(25)12-24-13-22-17(11-20(24)26)14-7-9-15(21)10-8-14/h3-11,13H,2,12H2,1H3,(H,23,25). The summed E-state index contributed by atoms with van der Waals surface area (Å²) >= 11 is 5.87. The van der Waals surface area contributed by atoms with Crippen LogP contribution in [0.4, 0.5) is 5.69 Å². The molecule has 138 valence electrons. The summed E-state index contributed by atoms with van der Waals surface area (Å²) in [5.41, 5.74) is 1.54. The molecule has 1 aromatic heterocycles. The van der Waals surface area contributed by atoms with E-state index in [9.17, 15) is 9.59 Å². The molecule has 27 heavy (non-hydrogen) atoms. The third-order valence-electron chi connectivity index (χ3n) is 3.79. The van der Waals surface area contributed by atoms with Gasteiger partial charge >= 0.3 is 0 Å². The third-order valence-corrected chi connectivity index (χ3v) is 4.05. The number of nitrogens with one attached hydrogen (secondary N) is 1. The van der Waals surface area contributed by atoms with Gasteiger partial charge in [-0.1, -0.05) is 35.9 Å². The minimum atomic E-state index is -0.342. The van der Waals surface area contributed by atoms with Crippen molar-refractivity contribution < 1.29 is 9.53 Å². The Morgan fingerprint density at radius 2 is 1.93 bits per heavy atom. The lowest BCUT2D eigenvalue weighted by Crippen LogP contribution is -2.27. The maximum Gasteiger partial charge on any atom is 0.254 e. The van der Waals surface area contributed by atoms with Crippen LogP contribution in [0.25, 0.3) is 11.3 Å². The summed E-state index contributed by atoms with van der Waals surface area (Å²) in [5, 5.41) is 3.36. The average Bonchev–Trinajstić information content (AvgIpc) is 2.66. The minimum absolute atomic E-state index is 0.146. The number of anilines is 1. The number of aromatic nitrogens is 2. The second-order valence-electron chi connectivity index (χ2n) is 5.72. The average molecular weight is 384 g/mol. The van der Waals surface area contributed by atoms with Gasteiger partial charge in [0.1, 0.15) is 12.3 Å². The zero-order valence-corrected chi connectivity index (χ0v) is 15.4. The molecule has 0 aliphatic rings. The Morgan fingerprint density at radius 3 is 2.63 bits per heavy atom. The summed E-state index contributed by atoms with van der Waals surface area (Å²) in [6.07, 6.45) is 1.36. The molecule has 0 aliphatic heterocycles. The molecule has 0 atom stereocenters. The number of ether oxygens (including phenoxy) is 1. The molecule has 0 fully saturated rings.